The van der Waals surface area contributed by atoms with Crippen molar-refractivity contribution in [2.45, 2.75) is 0 Å². The van der Waals surface area contributed by atoms with Crippen molar-refractivity contribution in [2.75, 3.05) is 57.7 Å². The Balaban J connectivity index is 1.48. The van der Waals surface area contributed by atoms with Crippen molar-refractivity contribution in [2.24, 2.45) is 15.3 Å². The molecule has 1 aromatic carbocycles. The van der Waals surface area contributed by atoms with Gasteiger partial charge in [-0.05, 0) is 29.8 Å². The van der Waals surface area contributed by atoms with Crippen LogP contribution in [0.5, 0.6) is 5.75 Å². The number of rotatable bonds is 14. The molecule has 12 heteroatoms. The van der Waals surface area contributed by atoms with Crippen LogP contribution in [0.15, 0.2) is 39.6 Å². The van der Waals surface area contributed by atoms with Crippen LogP contribution in [0.2, 0.25) is 0 Å². The average molecular weight is 392 g/mol. The smallest absolute Gasteiger partial charge is 0.375 e. The third-order valence-electron chi connectivity index (χ3n) is 3.34. The summed E-state index contributed by atoms with van der Waals surface area (Å²) in [5, 5.41) is 9.74. The van der Waals surface area contributed by atoms with Gasteiger partial charge in [-0.25, -0.2) is 14.5 Å². The van der Waals surface area contributed by atoms with Crippen molar-refractivity contribution in [3.63, 3.8) is 0 Å². The molecule has 0 fully saturated rings. The summed E-state index contributed by atoms with van der Waals surface area (Å²) in [7, 11) is 0. The Labute approximate surface area is 160 Å². The molecule has 0 aromatic heterocycles. The molecule has 2 rings (SSSR count). The lowest BCUT2D eigenvalue weighted by molar-refractivity contribution is 0.0106. The van der Waals surface area contributed by atoms with E-state index in [1.54, 1.807) is 24.3 Å². The SMILES string of the molecule is [N-]=[N+]=NCCOCCOCCOCCOc1ccc(N2C(=O)N=NC2=O)cc1. The Morgan fingerprint density at radius 3 is 1.96 bits per heavy atom. The molecule has 0 atom stereocenters. The molecule has 0 aliphatic carbocycles. The quantitative estimate of drug-likeness (QED) is 0.206. The normalized spacial score (nSPS) is 13.1. The van der Waals surface area contributed by atoms with E-state index in [-0.39, 0.29) is 0 Å². The second kappa shape index (κ2) is 12.4. The van der Waals surface area contributed by atoms with E-state index in [4.69, 9.17) is 24.5 Å². The van der Waals surface area contributed by atoms with Crippen LogP contribution in [0.3, 0.4) is 0 Å². The molecule has 0 radical (unpaired) electrons. The first-order valence-corrected chi connectivity index (χ1v) is 8.49. The highest BCUT2D eigenvalue weighted by Gasteiger charge is 2.28. The van der Waals surface area contributed by atoms with Crippen molar-refractivity contribution < 1.29 is 28.5 Å². The van der Waals surface area contributed by atoms with Crippen molar-refractivity contribution in [1.29, 1.82) is 0 Å². The summed E-state index contributed by atoms with van der Waals surface area (Å²) in [4.78, 5) is 26.4. The summed E-state index contributed by atoms with van der Waals surface area (Å²) in [5.74, 6) is 0.578. The maximum Gasteiger partial charge on any atom is 0.375 e. The number of azo groups is 1. The first kappa shape index (κ1) is 21.3. The van der Waals surface area contributed by atoms with Crippen LogP contribution < -0.4 is 9.64 Å². The minimum Gasteiger partial charge on any atom is -0.491 e. The first-order valence-electron chi connectivity index (χ1n) is 8.49. The van der Waals surface area contributed by atoms with E-state index in [2.05, 4.69) is 20.3 Å². The minimum absolute atomic E-state index is 0.308. The molecular formula is C16H20N6O6. The number of ether oxygens (including phenoxy) is 4. The molecule has 1 aromatic rings. The molecule has 0 saturated carbocycles. The molecule has 0 unspecified atom stereocenters. The van der Waals surface area contributed by atoms with Gasteiger partial charge in [0.25, 0.3) is 0 Å². The number of hydrogen-bond donors (Lipinski definition) is 0. The zero-order chi connectivity index (χ0) is 20.0. The predicted octanol–water partition coefficient (Wildman–Crippen LogP) is 2.94. The minimum atomic E-state index is -0.714. The van der Waals surface area contributed by atoms with Gasteiger partial charge in [-0.1, -0.05) is 15.3 Å². The lowest BCUT2D eigenvalue weighted by Crippen LogP contribution is -2.27. The number of hydrogen-bond acceptors (Lipinski definition) is 7. The van der Waals surface area contributed by atoms with Gasteiger partial charge in [0.05, 0.1) is 45.3 Å². The number of carbonyl (C=O) groups excluding carboxylic acids is 2. The fraction of sp³-hybridized carbons (Fsp3) is 0.500. The predicted molar refractivity (Wildman–Crippen MR) is 96.5 cm³/mol. The molecular weight excluding hydrogens is 372 g/mol. The van der Waals surface area contributed by atoms with E-state index < -0.39 is 12.1 Å². The van der Waals surface area contributed by atoms with Gasteiger partial charge in [0.2, 0.25) is 0 Å². The number of benzene rings is 1. The van der Waals surface area contributed by atoms with Gasteiger partial charge in [0, 0.05) is 11.5 Å². The summed E-state index contributed by atoms with van der Waals surface area (Å²) in [6.45, 7) is 3.13. The summed E-state index contributed by atoms with van der Waals surface area (Å²) >= 11 is 0. The fourth-order valence-corrected chi connectivity index (χ4v) is 2.08. The third kappa shape index (κ3) is 7.29. The third-order valence-corrected chi connectivity index (χ3v) is 3.34. The maximum absolute atomic E-state index is 11.4. The largest absolute Gasteiger partial charge is 0.491 e. The monoisotopic (exact) mass is 392 g/mol. The zero-order valence-electron chi connectivity index (χ0n) is 15.1. The summed E-state index contributed by atoms with van der Waals surface area (Å²) in [5.41, 5.74) is 8.46. The van der Waals surface area contributed by atoms with Gasteiger partial charge in [0.15, 0.2) is 0 Å². The average Bonchev–Trinajstić information content (AvgIpc) is 3.04. The van der Waals surface area contributed by atoms with E-state index in [1.807, 2.05) is 0 Å². The number of imide groups is 1. The molecule has 0 saturated heterocycles. The number of urea groups is 2. The van der Waals surface area contributed by atoms with Crippen molar-refractivity contribution >= 4 is 17.7 Å². The van der Waals surface area contributed by atoms with Gasteiger partial charge >= 0.3 is 12.1 Å². The maximum atomic E-state index is 11.4. The van der Waals surface area contributed by atoms with Crippen LogP contribution in [0, 0.1) is 0 Å². The summed E-state index contributed by atoms with van der Waals surface area (Å²) in [6, 6.07) is 5.00. The Hall–Kier alpha value is -3.05. The Morgan fingerprint density at radius 1 is 0.857 bits per heavy atom. The Bertz CT molecular complexity index is 701. The van der Waals surface area contributed by atoms with Crippen LogP contribution in [0.25, 0.3) is 10.4 Å². The molecule has 4 amide bonds. The molecule has 12 nitrogen and oxygen atoms in total. The number of azide groups is 1. The van der Waals surface area contributed by atoms with Gasteiger partial charge in [-0.15, -0.1) is 0 Å². The number of nitrogens with zero attached hydrogens (tertiary/aromatic N) is 6. The highest BCUT2D eigenvalue weighted by molar-refractivity contribution is 6.17. The lowest BCUT2D eigenvalue weighted by Gasteiger charge is -2.12. The van der Waals surface area contributed by atoms with Gasteiger partial charge in [-0.3, -0.25) is 0 Å². The highest BCUT2D eigenvalue weighted by Crippen LogP contribution is 2.23. The van der Waals surface area contributed by atoms with Crippen LogP contribution in [-0.2, 0) is 14.2 Å². The lowest BCUT2D eigenvalue weighted by atomic mass is 10.3. The number of amides is 4. The second-order valence-corrected chi connectivity index (χ2v) is 5.23. The standard InChI is InChI=1S/C16H20N6O6/c17-21-18-5-6-25-7-8-26-9-10-27-11-12-28-14-3-1-13(2-4-14)22-15(23)19-20-16(22)24/h1-4H,5-12H2. The van der Waals surface area contributed by atoms with Crippen LogP contribution >= 0.6 is 0 Å². The second-order valence-electron chi connectivity index (χ2n) is 5.23. The van der Waals surface area contributed by atoms with Crippen LogP contribution in [0.4, 0.5) is 15.3 Å². The molecule has 150 valence electrons. The molecule has 0 N–H and O–H groups in total. The van der Waals surface area contributed by atoms with E-state index >= 15 is 0 Å². The van der Waals surface area contributed by atoms with Crippen molar-refractivity contribution in [3.8, 4) is 5.75 Å². The van der Waals surface area contributed by atoms with E-state index in [0.717, 1.165) is 4.90 Å². The summed E-state index contributed by atoms with van der Waals surface area (Å²) < 4.78 is 21.4. The summed E-state index contributed by atoms with van der Waals surface area (Å²) in [6.07, 6.45) is 0. The number of anilines is 1. The van der Waals surface area contributed by atoms with E-state index in [1.165, 1.54) is 0 Å². The molecule has 0 bridgehead atoms. The first-order chi connectivity index (χ1) is 13.7. The number of carbonyl (C=O) groups is 2. The van der Waals surface area contributed by atoms with Crippen LogP contribution in [0.1, 0.15) is 0 Å². The van der Waals surface area contributed by atoms with E-state index in [9.17, 15) is 9.59 Å². The Morgan fingerprint density at radius 2 is 1.39 bits per heavy atom. The zero-order valence-corrected chi connectivity index (χ0v) is 15.1. The van der Waals surface area contributed by atoms with E-state index in [0.29, 0.717) is 64.2 Å². The molecule has 0 spiro atoms. The molecule has 1 heterocycles. The topological polar surface area (TPSA) is 148 Å². The molecule has 1 aliphatic heterocycles. The van der Waals surface area contributed by atoms with Crippen molar-refractivity contribution in [3.05, 3.63) is 34.7 Å². The molecule has 1 aliphatic rings. The molecule has 28 heavy (non-hydrogen) atoms. The highest BCUT2D eigenvalue weighted by atomic mass is 16.6. The van der Waals surface area contributed by atoms with Gasteiger partial charge < -0.3 is 18.9 Å². The van der Waals surface area contributed by atoms with Gasteiger partial charge in [-0.2, -0.15) is 0 Å². The van der Waals surface area contributed by atoms with Crippen molar-refractivity contribution in [1.82, 2.24) is 0 Å². The Kier molecular flexibility index (Phi) is 9.38. The fourth-order valence-electron chi connectivity index (χ4n) is 2.08. The van der Waals surface area contributed by atoms with Crippen LogP contribution in [-0.4, -0.2) is 64.9 Å². The van der Waals surface area contributed by atoms with Gasteiger partial charge in [0.1, 0.15) is 12.4 Å².